The average Bonchev–Trinajstić information content (AvgIpc) is 2.56. The molecule has 2 rings (SSSR count). The molecule has 8 nitrogen and oxygen atoms in total. The lowest BCUT2D eigenvalue weighted by atomic mass is 10.2. The molecular formula is C16H19N3O5. The molecule has 0 aliphatic heterocycles. The number of benzene rings is 1. The molecule has 0 fully saturated rings. The lowest BCUT2D eigenvalue weighted by Gasteiger charge is -2.13. The summed E-state index contributed by atoms with van der Waals surface area (Å²) < 4.78 is 9.93. The minimum absolute atomic E-state index is 0.0168. The summed E-state index contributed by atoms with van der Waals surface area (Å²) in [5.41, 5.74) is 0.180. The van der Waals surface area contributed by atoms with Crippen molar-refractivity contribution in [2.75, 3.05) is 30.3 Å². The van der Waals surface area contributed by atoms with Crippen LogP contribution in [0, 0.1) is 0 Å². The van der Waals surface area contributed by atoms with Gasteiger partial charge >= 0.3 is 17.6 Å². The van der Waals surface area contributed by atoms with Gasteiger partial charge in [-0.25, -0.2) is 9.59 Å². The first-order chi connectivity index (χ1) is 11.6. The van der Waals surface area contributed by atoms with E-state index in [-0.39, 0.29) is 18.8 Å². The number of anilines is 2. The molecule has 1 aromatic heterocycles. The smallest absolute Gasteiger partial charge is 0.362 e. The number of ether oxygens (including phenoxy) is 1. The number of fused-ring (bicyclic) bond motifs is 1. The van der Waals surface area contributed by atoms with Gasteiger partial charge in [-0.3, -0.25) is 10.1 Å². The van der Waals surface area contributed by atoms with Crippen molar-refractivity contribution in [2.24, 2.45) is 0 Å². The molecule has 1 heterocycles. The van der Waals surface area contributed by atoms with Crippen LogP contribution in [0.3, 0.4) is 0 Å². The van der Waals surface area contributed by atoms with Gasteiger partial charge in [-0.2, -0.15) is 0 Å². The van der Waals surface area contributed by atoms with Crippen molar-refractivity contribution < 1.29 is 18.7 Å². The van der Waals surface area contributed by atoms with Gasteiger partial charge in [0.25, 0.3) is 0 Å². The van der Waals surface area contributed by atoms with Crippen LogP contribution in [-0.2, 0) is 9.53 Å². The maximum absolute atomic E-state index is 12.2. The van der Waals surface area contributed by atoms with E-state index in [1.807, 2.05) is 6.92 Å². The first kappa shape index (κ1) is 17.3. The molecule has 0 aliphatic rings. The fourth-order valence-corrected chi connectivity index (χ4v) is 2.15. The van der Waals surface area contributed by atoms with Crippen LogP contribution in [0.5, 0.6) is 0 Å². The molecule has 0 spiro atoms. The van der Waals surface area contributed by atoms with Gasteiger partial charge in [0.05, 0.1) is 12.3 Å². The normalized spacial score (nSPS) is 10.2. The van der Waals surface area contributed by atoms with E-state index in [1.165, 1.54) is 0 Å². The first-order valence-electron chi connectivity index (χ1n) is 7.57. The van der Waals surface area contributed by atoms with Gasteiger partial charge in [0, 0.05) is 11.9 Å². The van der Waals surface area contributed by atoms with E-state index in [4.69, 9.17) is 9.15 Å². The lowest BCUT2D eigenvalue weighted by molar-refractivity contribution is -0.141. The second kappa shape index (κ2) is 8.00. The molecule has 24 heavy (non-hydrogen) atoms. The summed E-state index contributed by atoms with van der Waals surface area (Å²) in [5.74, 6) is -0.565. The number of carbonyl (C=O) groups excluding carboxylic acids is 2. The molecule has 1 aromatic carbocycles. The van der Waals surface area contributed by atoms with Crippen LogP contribution in [0.2, 0.25) is 0 Å². The summed E-state index contributed by atoms with van der Waals surface area (Å²) >= 11 is 0. The summed E-state index contributed by atoms with van der Waals surface area (Å²) in [6.07, 6.45) is 0. The van der Waals surface area contributed by atoms with Crippen LogP contribution in [-0.4, -0.2) is 31.7 Å². The minimum atomic E-state index is -0.704. The molecule has 0 unspecified atom stereocenters. The van der Waals surface area contributed by atoms with Gasteiger partial charge < -0.3 is 19.8 Å². The SMILES string of the molecule is CCNc1c(NC(=O)NCC(=O)OCC)c(=O)oc2ccccc12. The molecule has 128 valence electrons. The topological polar surface area (TPSA) is 110 Å². The Labute approximate surface area is 138 Å². The van der Waals surface area contributed by atoms with Crippen molar-refractivity contribution in [3.05, 3.63) is 34.7 Å². The average molecular weight is 333 g/mol. The van der Waals surface area contributed by atoms with Crippen molar-refractivity contribution in [3.63, 3.8) is 0 Å². The number of hydrogen-bond donors (Lipinski definition) is 3. The number of rotatable bonds is 6. The van der Waals surface area contributed by atoms with E-state index in [1.54, 1.807) is 31.2 Å². The van der Waals surface area contributed by atoms with E-state index in [0.29, 0.717) is 23.2 Å². The molecule has 8 heteroatoms. The Balaban J connectivity index is 2.26. The summed E-state index contributed by atoms with van der Waals surface area (Å²) in [6.45, 7) is 4.01. The van der Waals surface area contributed by atoms with Crippen molar-refractivity contribution in [3.8, 4) is 0 Å². The van der Waals surface area contributed by atoms with Crippen molar-refractivity contribution in [1.82, 2.24) is 5.32 Å². The number of esters is 1. The third-order valence-corrected chi connectivity index (χ3v) is 3.10. The fraction of sp³-hybridized carbons (Fsp3) is 0.312. The quantitative estimate of drug-likeness (QED) is 0.550. The second-order valence-corrected chi connectivity index (χ2v) is 4.78. The zero-order valence-corrected chi connectivity index (χ0v) is 13.5. The Morgan fingerprint density at radius 1 is 1.17 bits per heavy atom. The van der Waals surface area contributed by atoms with Crippen LogP contribution in [0.15, 0.2) is 33.5 Å². The Hall–Kier alpha value is -3.03. The van der Waals surface area contributed by atoms with Crippen LogP contribution in [0.4, 0.5) is 16.2 Å². The second-order valence-electron chi connectivity index (χ2n) is 4.78. The molecule has 0 saturated carbocycles. The van der Waals surface area contributed by atoms with Gasteiger partial charge in [-0.1, -0.05) is 12.1 Å². The maximum atomic E-state index is 12.2. The summed E-state index contributed by atoms with van der Waals surface area (Å²) in [4.78, 5) is 35.3. The molecule has 0 saturated heterocycles. The largest absolute Gasteiger partial charge is 0.465 e. The molecule has 2 amide bonds. The highest BCUT2D eigenvalue weighted by Gasteiger charge is 2.16. The Kier molecular flexibility index (Phi) is 5.78. The van der Waals surface area contributed by atoms with E-state index < -0.39 is 17.6 Å². The maximum Gasteiger partial charge on any atom is 0.362 e. The molecule has 0 bridgehead atoms. The van der Waals surface area contributed by atoms with E-state index in [9.17, 15) is 14.4 Å². The summed E-state index contributed by atoms with van der Waals surface area (Å²) in [6, 6.07) is 6.29. The van der Waals surface area contributed by atoms with Crippen molar-refractivity contribution in [1.29, 1.82) is 0 Å². The molecule has 3 N–H and O–H groups in total. The molecule has 0 radical (unpaired) electrons. The van der Waals surface area contributed by atoms with Crippen molar-refractivity contribution in [2.45, 2.75) is 13.8 Å². The lowest BCUT2D eigenvalue weighted by Crippen LogP contribution is -2.35. The summed E-state index contributed by atoms with van der Waals surface area (Å²) in [5, 5.41) is 8.48. The van der Waals surface area contributed by atoms with Crippen LogP contribution >= 0.6 is 0 Å². The number of urea groups is 1. The number of nitrogens with one attached hydrogen (secondary N) is 3. The minimum Gasteiger partial charge on any atom is -0.465 e. The van der Waals surface area contributed by atoms with E-state index >= 15 is 0 Å². The number of hydrogen-bond acceptors (Lipinski definition) is 6. The van der Waals surface area contributed by atoms with Gasteiger partial charge in [-0.15, -0.1) is 0 Å². The predicted molar refractivity (Wildman–Crippen MR) is 90.3 cm³/mol. The molecule has 0 atom stereocenters. The van der Waals surface area contributed by atoms with Crippen LogP contribution in [0.25, 0.3) is 11.0 Å². The predicted octanol–water partition coefficient (Wildman–Crippen LogP) is 1.91. The Morgan fingerprint density at radius 2 is 1.92 bits per heavy atom. The van der Waals surface area contributed by atoms with E-state index in [0.717, 1.165) is 0 Å². The van der Waals surface area contributed by atoms with Gasteiger partial charge in [0.2, 0.25) is 0 Å². The molecular weight excluding hydrogens is 314 g/mol. The zero-order valence-electron chi connectivity index (χ0n) is 13.5. The van der Waals surface area contributed by atoms with Gasteiger partial charge in [-0.05, 0) is 26.0 Å². The first-order valence-corrected chi connectivity index (χ1v) is 7.57. The van der Waals surface area contributed by atoms with Gasteiger partial charge in [0.1, 0.15) is 12.1 Å². The Bertz CT molecular complexity index is 800. The zero-order chi connectivity index (χ0) is 17.5. The highest BCUT2D eigenvalue weighted by Crippen LogP contribution is 2.28. The highest BCUT2D eigenvalue weighted by atomic mass is 16.5. The standard InChI is InChI=1S/C16H19N3O5/c1-3-17-13-10-7-5-6-8-11(10)24-15(21)14(13)19-16(22)18-9-12(20)23-4-2/h5-8,17H,3-4,9H2,1-2H3,(H2,18,19,22). The van der Waals surface area contributed by atoms with Gasteiger partial charge in [0.15, 0.2) is 5.69 Å². The van der Waals surface area contributed by atoms with E-state index in [2.05, 4.69) is 16.0 Å². The molecule has 2 aromatic rings. The Morgan fingerprint density at radius 3 is 2.62 bits per heavy atom. The third kappa shape index (κ3) is 4.03. The van der Waals surface area contributed by atoms with Crippen LogP contribution in [0.1, 0.15) is 13.8 Å². The summed E-state index contributed by atoms with van der Waals surface area (Å²) in [7, 11) is 0. The number of carbonyl (C=O) groups is 2. The molecule has 0 aliphatic carbocycles. The third-order valence-electron chi connectivity index (χ3n) is 3.10. The van der Waals surface area contributed by atoms with Crippen LogP contribution < -0.4 is 21.6 Å². The highest BCUT2D eigenvalue weighted by molar-refractivity contribution is 6.02. The fourth-order valence-electron chi connectivity index (χ4n) is 2.15. The number of amides is 2. The monoisotopic (exact) mass is 333 g/mol. The number of para-hydroxylation sites is 1. The van der Waals surface area contributed by atoms with Crippen molar-refractivity contribution >= 4 is 34.3 Å².